The number of likely N-dealkylation sites (N-methyl/N-ethyl adjacent to an activating group) is 1. The molecule has 0 atom stereocenters. The number of nitrogens with zero attached hydrogens (tertiary/aromatic N) is 4. The molecule has 0 aromatic carbocycles. The predicted octanol–water partition coefficient (Wildman–Crippen LogP) is 0.200. The molecule has 1 N–H and O–H groups in total. The van der Waals surface area contributed by atoms with Gasteiger partial charge in [-0.05, 0) is 25.1 Å². The lowest BCUT2D eigenvalue weighted by Crippen LogP contribution is -2.32. The van der Waals surface area contributed by atoms with Crippen molar-refractivity contribution in [3.05, 3.63) is 34.9 Å². The molecule has 0 aliphatic carbocycles. The second-order valence-electron chi connectivity index (χ2n) is 4.45. The van der Waals surface area contributed by atoms with Crippen LogP contribution in [0.4, 0.5) is 0 Å². The number of hydrogen-bond donors (Lipinski definition) is 1. The van der Waals surface area contributed by atoms with Gasteiger partial charge in [-0.3, -0.25) is 4.40 Å². The van der Waals surface area contributed by atoms with Gasteiger partial charge in [-0.15, -0.1) is 5.10 Å². The van der Waals surface area contributed by atoms with Gasteiger partial charge >= 0.3 is 5.69 Å². The molecule has 0 spiro atoms. The number of hydrogen-bond acceptors (Lipinski definition) is 4. The van der Waals surface area contributed by atoms with Crippen LogP contribution in [-0.2, 0) is 6.54 Å². The molecule has 104 valence electrons. The molecule has 0 unspecified atom stereocenters. The quantitative estimate of drug-likeness (QED) is 0.776. The molecule has 2 aromatic heterocycles. The van der Waals surface area contributed by atoms with Gasteiger partial charge in [-0.2, -0.15) is 0 Å². The third-order valence-electron chi connectivity index (χ3n) is 3.20. The summed E-state index contributed by atoms with van der Waals surface area (Å²) in [6.45, 7) is 5.35. The number of aliphatic hydroxyl groups excluding tert-OH is 1. The Morgan fingerprint density at radius 3 is 2.89 bits per heavy atom. The Morgan fingerprint density at radius 1 is 1.37 bits per heavy atom. The van der Waals surface area contributed by atoms with Crippen LogP contribution in [0, 0.1) is 0 Å². The zero-order valence-corrected chi connectivity index (χ0v) is 11.2. The van der Waals surface area contributed by atoms with Crippen LogP contribution in [0.1, 0.15) is 13.3 Å². The Morgan fingerprint density at radius 2 is 2.21 bits per heavy atom. The molecule has 0 amide bonds. The molecule has 0 fully saturated rings. The van der Waals surface area contributed by atoms with Crippen molar-refractivity contribution in [1.29, 1.82) is 0 Å². The average Bonchev–Trinajstić information content (AvgIpc) is 2.76. The maximum atomic E-state index is 12.0. The fourth-order valence-electron chi connectivity index (χ4n) is 2.07. The van der Waals surface area contributed by atoms with Crippen LogP contribution < -0.4 is 5.69 Å². The van der Waals surface area contributed by atoms with Gasteiger partial charge in [0.2, 0.25) is 0 Å². The molecule has 6 nitrogen and oxygen atoms in total. The van der Waals surface area contributed by atoms with Crippen molar-refractivity contribution in [2.24, 2.45) is 0 Å². The van der Waals surface area contributed by atoms with E-state index in [0.717, 1.165) is 26.1 Å². The summed E-state index contributed by atoms with van der Waals surface area (Å²) in [6.07, 6.45) is 2.48. The van der Waals surface area contributed by atoms with E-state index in [-0.39, 0.29) is 12.3 Å². The minimum atomic E-state index is -0.103. The minimum Gasteiger partial charge on any atom is -0.396 e. The molecule has 0 aliphatic heterocycles. The van der Waals surface area contributed by atoms with Crippen molar-refractivity contribution in [2.45, 2.75) is 19.9 Å². The third-order valence-corrected chi connectivity index (χ3v) is 3.20. The van der Waals surface area contributed by atoms with Crippen molar-refractivity contribution < 1.29 is 5.11 Å². The largest absolute Gasteiger partial charge is 0.396 e. The van der Waals surface area contributed by atoms with Crippen LogP contribution in [0.3, 0.4) is 0 Å². The highest BCUT2D eigenvalue weighted by molar-refractivity contribution is 5.35. The van der Waals surface area contributed by atoms with Crippen LogP contribution >= 0.6 is 0 Å². The second-order valence-corrected chi connectivity index (χ2v) is 4.45. The van der Waals surface area contributed by atoms with E-state index in [1.54, 1.807) is 10.6 Å². The van der Waals surface area contributed by atoms with E-state index in [0.29, 0.717) is 12.2 Å². The number of fused-ring (bicyclic) bond motifs is 1. The van der Waals surface area contributed by atoms with E-state index in [1.165, 1.54) is 4.68 Å². The van der Waals surface area contributed by atoms with E-state index < -0.39 is 0 Å². The van der Waals surface area contributed by atoms with Crippen LogP contribution in [0.5, 0.6) is 0 Å². The normalized spacial score (nSPS) is 11.5. The maximum Gasteiger partial charge on any atom is 0.350 e. The first-order chi connectivity index (χ1) is 9.26. The van der Waals surface area contributed by atoms with E-state index in [9.17, 15) is 4.79 Å². The lowest BCUT2D eigenvalue weighted by atomic mass is 10.4. The van der Waals surface area contributed by atoms with Crippen molar-refractivity contribution in [3.63, 3.8) is 0 Å². The highest BCUT2D eigenvalue weighted by atomic mass is 16.3. The fourth-order valence-corrected chi connectivity index (χ4v) is 2.07. The molecule has 2 aromatic rings. The number of aliphatic hydroxyl groups is 1. The minimum absolute atomic E-state index is 0.103. The number of aromatic nitrogens is 3. The maximum absolute atomic E-state index is 12.0. The van der Waals surface area contributed by atoms with E-state index in [2.05, 4.69) is 16.9 Å². The van der Waals surface area contributed by atoms with Crippen LogP contribution in [0.15, 0.2) is 29.2 Å². The zero-order chi connectivity index (χ0) is 13.7. The van der Waals surface area contributed by atoms with Gasteiger partial charge in [0.25, 0.3) is 0 Å². The molecule has 0 bridgehead atoms. The van der Waals surface area contributed by atoms with Gasteiger partial charge in [0, 0.05) is 25.9 Å². The van der Waals surface area contributed by atoms with Gasteiger partial charge in [-0.25, -0.2) is 9.48 Å². The summed E-state index contributed by atoms with van der Waals surface area (Å²) in [4.78, 5) is 14.2. The monoisotopic (exact) mass is 264 g/mol. The summed E-state index contributed by atoms with van der Waals surface area (Å²) in [5.74, 6) is 0. The molecule has 0 saturated heterocycles. The van der Waals surface area contributed by atoms with Crippen LogP contribution in [-0.4, -0.2) is 50.4 Å². The SMILES string of the molecule is CCN(CCCO)CCn1nc2ccccn2c1=O. The molecule has 19 heavy (non-hydrogen) atoms. The van der Waals surface area contributed by atoms with E-state index in [1.807, 2.05) is 18.2 Å². The Kier molecular flexibility index (Phi) is 4.70. The third kappa shape index (κ3) is 3.21. The summed E-state index contributed by atoms with van der Waals surface area (Å²) < 4.78 is 3.04. The Labute approximate surface area is 111 Å². The number of pyridine rings is 1. The fraction of sp³-hybridized carbons (Fsp3) is 0.538. The molecular formula is C13H20N4O2. The summed E-state index contributed by atoms with van der Waals surface area (Å²) in [7, 11) is 0. The molecule has 0 radical (unpaired) electrons. The first kappa shape index (κ1) is 13.8. The van der Waals surface area contributed by atoms with Crippen LogP contribution in [0.25, 0.3) is 5.65 Å². The summed E-state index contributed by atoms with van der Waals surface area (Å²) in [6, 6.07) is 5.51. The van der Waals surface area contributed by atoms with Gasteiger partial charge in [0.1, 0.15) is 0 Å². The van der Waals surface area contributed by atoms with Gasteiger partial charge in [0.05, 0.1) is 6.54 Å². The standard InChI is InChI=1S/C13H20N4O2/c1-2-15(7-5-11-18)9-10-17-13(19)16-8-4-3-6-12(16)14-17/h3-4,6,8,18H,2,5,7,9-11H2,1H3. The van der Waals surface area contributed by atoms with Crippen molar-refractivity contribution in [1.82, 2.24) is 19.1 Å². The molecular weight excluding hydrogens is 244 g/mol. The smallest absolute Gasteiger partial charge is 0.350 e. The van der Waals surface area contributed by atoms with Crippen molar-refractivity contribution in [3.8, 4) is 0 Å². The zero-order valence-electron chi connectivity index (χ0n) is 11.2. The summed E-state index contributed by atoms with van der Waals surface area (Å²) in [5, 5.41) is 13.1. The Bertz CT molecular complexity index is 575. The molecule has 0 aliphatic rings. The lowest BCUT2D eigenvalue weighted by Gasteiger charge is -2.19. The van der Waals surface area contributed by atoms with E-state index in [4.69, 9.17) is 5.11 Å². The molecule has 0 saturated carbocycles. The van der Waals surface area contributed by atoms with Crippen molar-refractivity contribution >= 4 is 5.65 Å². The second kappa shape index (κ2) is 6.49. The number of rotatable bonds is 7. The molecule has 6 heteroatoms. The first-order valence-corrected chi connectivity index (χ1v) is 6.63. The predicted molar refractivity (Wildman–Crippen MR) is 73.3 cm³/mol. The topological polar surface area (TPSA) is 62.8 Å². The average molecular weight is 264 g/mol. The Hall–Kier alpha value is -1.66. The summed E-state index contributed by atoms with van der Waals surface area (Å²) in [5.41, 5.74) is 0.569. The molecule has 2 rings (SSSR count). The Balaban J connectivity index is 2.05. The first-order valence-electron chi connectivity index (χ1n) is 6.63. The van der Waals surface area contributed by atoms with Crippen LogP contribution in [0.2, 0.25) is 0 Å². The van der Waals surface area contributed by atoms with Gasteiger partial charge in [0.15, 0.2) is 5.65 Å². The van der Waals surface area contributed by atoms with E-state index >= 15 is 0 Å². The molecule has 2 heterocycles. The van der Waals surface area contributed by atoms with Gasteiger partial charge < -0.3 is 10.0 Å². The highest BCUT2D eigenvalue weighted by Crippen LogP contribution is 1.96. The van der Waals surface area contributed by atoms with Gasteiger partial charge in [-0.1, -0.05) is 13.0 Å². The van der Waals surface area contributed by atoms with Crippen molar-refractivity contribution in [2.75, 3.05) is 26.2 Å². The summed E-state index contributed by atoms with van der Waals surface area (Å²) >= 11 is 0. The highest BCUT2D eigenvalue weighted by Gasteiger charge is 2.07. The lowest BCUT2D eigenvalue weighted by molar-refractivity contribution is 0.222.